The first-order chi connectivity index (χ1) is 8.78. The monoisotopic (exact) mass is 262 g/mol. The van der Waals surface area contributed by atoms with E-state index in [1.54, 1.807) is 0 Å². The molecule has 0 N–H and O–H groups in total. The third-order valence-corrected chi connectivity index (χ3v) is 6.51. The second-order valence-electron chi connectivity index (χ2n) is 8.43. The fourth-order valence-electron chi connectivity index (χ4n) is 5.69. The number of fused-ring (bicyclic) bond motifs is 3. The van der Waals surface area contributed by atoms with Gasteiger partial charge >= 0.3 is 0 Å². The molecule has 1 nitrogen and oxygen atoms in total. The highest BCUT2D eigenvalue weighted by Crippen LogP contribution is 2.62. The Hall–Kier alpha value is -0.300. The smallest absolute Gasteiger partial charge is 0.0871 e. The Labute approximate surface area is 118 Å². The molecule has 108 valence electrons. The second kappa shape index (κ2) is 4.10. The predicted molar refractivity (Wildman–Crippen MR) is 80.0 cm³/mol. The summed E-state index contributed by atoms with van der Waals surface area (Å²) in [6.45, 7) is 12.0. The minimum Gasteiger partial charge on any atom is -0.368 e. The predicted octanol–water partition coefficient (Wildman–Crippen LogP) is 4.96. The van der Waals surface area contributed by atoms with Crippen LogP contribution in [0, 0.1) is 22.7 Å². The summed E-state index contributed by atoms with van der Waals surface area (Å²) >= 11 is 0. The van der Waals surface area contributed by atoms with Gasteiger partial charge in [0, 0.05) is 0 Å². The highest BCUT2D eigenvalue weighted by molar-refractivity contribution is 5.21. The van der Waals surface area contributed by atoms with Gasteiger partial charge in [-0.05, 0) is 62.2 Å². The molecule has 1 saturated carbocycles. The molecule has 2 aliphatic carbocycles. The molecule has 0 spiro atoms. The van der Waals surface area contributed by atoms with Crippen LogP contribution in [-0.4, -0.2) is 11.7 Å². The maximum absolute atomic E-state index is 6.37. The van der Waals surface area contributed by atoms with Gasteiger partial charge in [0.1, 0.15) is 0 Å². The molecule has 3 rings (SSSR count). The van der Waals surface area contributed by atoms with E-state index in [0.29, 0.717) is 22.9 Å². The van der Waals surface area contributed by atoms with Gasteiger partial charge in [0.05, 0.1) is 11.7 Å². The highest BCUT2D eigenvalue weighted by Gasteiger charge is 2.57. The number of hydrogen-bond acceptors (Lipinski definition) is 1. The van der Waals surface area contributed by atoms with Crippen molar-refractivity contribution in [2.75, 3.05) is 0 Å². The van der Waals surface area contributed by atoms with Crippen molar-refractivity contribution in [1.29, 1.82) is 0 Å². The van der Waals surface area contributed by atoms with Crippen molar-refractivity contribution in [3.05, 3.63) is 12.2 Å². The van der Waals surface area contributed by atoms with Gasteiger partial charge in [-0.25, -0.2) is 0 Å². The Balaban J connectivity index is 2.02. The fraction of sp³-hybridized carbons (Fsp3) is 0.889. The van der Waals surface area contributed by atoms with E-state index >= 15 is 0 Å². The Morgan fingerprint density at radius 1 is 1.05 bits per heavy atom. The molecule has 1 aliphatic heterocycles. The molecule has 2 fully saturated rings. The van der Waals surface area contributed by atoms with Crippen molar-refractivity contribution >= 4 is 0 Å². The van der Waals surface area contributed by atoms with Crippen molar-refractivity contribution < 1.29 is 4.74 Å². The zero-order valence-corrected chi connectivity index (χ0v) is 13.3. The lowest BCUT2D eigenvalue weighted by molar-refractivity contribution is -0.181. The lowest BCUT2D eigenvalue weighted by atomic mass is 9.47. The van der Waals surface area contributed by atoms with Gasteiger partial charge in [-0.15, -0.1) is 0 Å². The van der Waals surface area contributed by atoms with Gasteiger partial charge in [-0.3, -0.25) is 0 Å². The van der Waals surface area contributed by atoms with E-state index in [9.17, 15) is 0 Å². The van der Waals surface area contributed by atoms with E-state index in [2.05, 4.69) is 46.8 Å². The normalized spacial score (nSPS) is 52.4. The molecule has 1 unspecified atom stereocenters. The van der Waals surface area contributed by atoms with Crippen LogP contribution >= 0.6 is 0 Å². The van der Waals surface area contributed by atoms with Crippen molar-refractivity contribution in [2.24, 2.45) is 22.7 Å². The maximum atomic E-state index is 6.37. The molecule has 0 aromatic rings. The fourth-order valence-corrected chi connectivity index (χ4v) is 5.69. The summed E-state index contributed by atoms with van der Waals surface area (Å²) in [6.07, 6.45) is 12.0. The summed E-state index contributed by atoms with van der Waals surface area (Å²) in [7, 11) is 0. The quantitative estimate of drug-likeness (QED) is 0.560. The maximum Gasteiger partial charge on any atom is 0.0871 e. The van der Waals surface area contributed by atoms with Crippen LogP contribution in [0.1, 0.15) is 66.7 Å². The van der Waals surface area contributed by atoms with Crippen LogP contribution in [0.5, 0.6) is 0 Å². The SMILES string of the molecule is C[C@H]1CCC2[C@@](C)(C=C[C@H]3C(C)(C)CCC[C@]23C)O1. The first kappa shape index (κ1) is 13.7. The number of hydrogen-bond donors (Lipinski definition) is 0. The zero-order valence-electron chi connectivity index (χ0n) is 13.3. The molecule has 3 aliphatic rings. The number of rotatable bonds is 0. The van der Waals surface area contributed by atoms with Gasteiger partial charge in [0.15, 0.2) is 0 Å². The molecule has 0 aromatic heterocycles. The molecular weight excluding hydrogens is 232 g/mol. The Kier molecular flexibility index (Phi) is 2.95. The van der Waals surface area contributed by atoms with Crippen LogP contribution in [-0.2, 0) is 4.74 Å². The first-order valence-corrected chi connectivity index (χ1v) is 8.15. The van der Waals surface area contributed by atoms with Crippen molar-refractivity contribution in [3.8, 4) is 0 Å². The minimum absolute atomic E-state index is 0.0175. The lowest BCUT2D eigenvalue weighted by Gasteiger charge is -2.61. The molecule has 0 amide bonds. The summed E-state index contributed by atoms with van der Waals surface area (Å²) in [5.74, 6) is 1.43. The zero-order chi connectivity index (χ0) is 13.9. The topological polar surface area (TPSA) is 9.23 Å². The van der Waals surface area contributed by atoms with Crippen LogP contribution < -0.4 is 0 Å². The second-order valence-corrected chi connectivity index (χ2v) is 8.43. The van der Waals surface area contributed by atoms with E-state index in [1.165, 1.54) is 32.1 Å². The van der Waals surface area contributed by atoms with Crippen molar-refractivity contribution in [1.82, 2.24) is 0 Å². The number of ether oxygens (including phenoxy) is 1. The molecule has 0 aromatic carbocycles. The van der Waals surface area contributed by atoms with Crippen LogP contribution in [0.15, 0.2) is 12.2 Å². The molecule has 0 bridgehead atoms. The van der Waals surface area contributed by atoms with E-state index in [4.69, 9.17) is 4.74 Å². The molecular formula is C18H30O. The molecule has 19 heavy (non-hydrogen) atoms. The average molecular weight is 262 g/mol. The Bertz CT molecular complexity index is 396. The van der Waals surface area contributed by atoms with Crippen LogP contribution in [0.4, 0.5) is 0 Å². The third-order valence-electron chi connectivity index (χ3n) is 6.51. The van der Waals surface area contributed by atoms with Gasteiger partial charge in [-0.1, -0.05) is 39.3 Å². The average Bonchev–Trinajstić information content (AvgIpc) is 2.25. The van der Waals surface area contributed by atoms with Gasteiger partial charge in [0.2, 0.25) is 0 Å². The molecule has 0 radical (unpaired) electrons. The van der Waals surface area contributed by atoms with Gasteiger partial charge in [0.25, 0.3) is 0 Å². The van der Waals surface area contributed by atoms with Crippen LogP contribution in [0.3, 0.4) is 0 Å². The summed E-state index contributed by atoms with van der Waals surface area (Å²) in [5, 5.41) is 0. The Morgan fingerprint density at radius 3 is 2.53 bits per heavy atom. The van der Waals surface area contributed by atoms with Crippen LogP contribution in [0.2, 0.25) is 0 Å². The summed E-state index contributed by atoms with van der Waals surface area (Å²) in [5.41, 5.74) is 0.871. The van der Waals surface area contributed by atoms with Crippen molar-refractivity contribution in [2.45, 2.75) is 78.4 Å². The van der Waals surface area contributed by atoms with E-state index in [0.717, 1.165) is 5.92 Å². The van der Waals surface area contributed by atoms with Gasteiger partial charge in [-0.2, -0.15) is 0 Å². The molecule has 5 atom stereocenters. The van der Waals surface area contributed by atoms with E-state index in [-0.39, 0.29) is 5.60 Å². The standard InChI is InChI=1S/C18H30O/c1-13-7-8-15-17(4)11-6-10-16(2,3)14(17)9-12-18(15,5)19-13/h9,12-15H,6-8,10-11H2,1-5H3/t13-,14-,15?,17-,18+/m0/s1. The van der Waals surface area contributed by atoms with E-state index in [1.807, 2.05) is 0 Å². The Morgan fingerprint density at radius 2 is 1.79 bits per heavy atom. The number of allylic oxidation sites excluding steroid dienone is 1. The molecule has 1 saturated heterocycles. The van der Waals surface area contributed by atoms with Crippen LogP contribution in [0.25, 0.3) is 0 Å². The largest absolute Gasteiger partial charge is 0.368 e. The minimum atomic E-state index is -0.0175. The highest BCUT2D eigenvalue weighted by atomic mass is 16.5. The molecule has 1 heterocycles. The van der Waals surface area contributed by atoms with Gasteiger partial charge < -0.3 is 4.74 Å². The summed E-state index contributed by atoms with van der Waals surface area (Å²) in [6, 6.07) is 0. The van der Waals surface area contributed by atoms with Crippen molar-refractivity contribution in [3.63, 3.8) is 0 Å². The lowest BCUT2D eigenvalue weighted by Crippen LogP contribution is -2.58. The third kappa shape index (κ3) is 1.92. The summed E-state index contributed by atoms with van der Waals surface area (Å²) in [4.78, 5) is 0. The molecule has 1 heteroatoms. The van der Waals surface area contributed by atoms with E-state index < -0.39 is 0 Å². The summed E-state index contributed by atoms with van der Waals surface area (Å²) < 4.78 is 6.37. The first-order valence-electron chi connectivity index (χ1n) is 8.15.